The van der Waals surface area contributed by atoms with Crippen molar-refractivity contribution in [3.8, 4) is 0 Å². The van der Waals surface area contributed by atoms with Crippen molar-refractivity contribution in [3.05, 3.63) is 0 Å². The summed E-state index contributed by atoms with van der Waals surface area (Å²) >= 11 is 0. The van der Waals surface area contributed by atoms with Crippen LogP contribution in [0, 0.1) is 5.92 Å². The van der Waals surface area contributed by atoms with Gasteiger partial charge >= 0.3 is 0 Å². The highest BCUT2D eigenvalue weighted by Crippen LogP contribution is 1.98. The minimum absolute atomic E-state index is 0.0425. The molecule has 0 radical (unpaired) electrons. The minimum Gasteiger partial charge on any atom is -0.379 e. The maximum atomic E-state index is 13.5. The number of hydrogen-bond donors (Lipinski definition) is 2. The first-order valence-electron chi connectivity index (χ1n) is 7.87. The van der Waals surface area contributed by atoms with Gasteiger partial charge in [-0.05, 0) is 7.05 Å². The van der Waals surface area contributed by atoms with Gasteiger partial charge in [-0.15, -0.1) is 0 Å². The molecule has 1 atom stereocenters. The fourth-order valence-corrected chi connectivity index (χ4v) is 1.44. The van der Waals surface area contributed by atoms with Crippen molar-refractivity contribution in [1.82, 2.24) is 10.6 Å². The normalized spacial score (nSPS) is 12.6. The summed E-state index contributed by atoms with van der Waals surface area (Å²) in [6, 6.07) is 0. The molecule has 0 aromatic heterocycles. The number of carbonyl (C=O) groups is 1. The summed E-state index contributed by atoms with van der Waals surface area (Å²) in [6.07, 6.45) is -0.810. The molecule has 0 heterocycles. The number of halogens is 1. The van der Waals surface area contributed by atoms with Gasteiger partial charge in [0.25, 0.3) is 0 Å². The number of amides is 1. The molecule has 132 valence electrons. The van der Waals surface area contributed by atoms with Crippen LogP contribution in [0.5, 0.6) is 0 Å². The Kier molecular flexibility index (Phi) is 14.6. The Morgan fingerprint density at radius 1 is 1.00 bits per heavy atom. The van der Waals surface area contributed by atoms with Gasteiger partial charge in [0.2, 0.25) is 5.91 Å². The Morgan fingerprint density at radius 2 is 1.55 bits per heavy atom. The maximum Gasteiger partial charge on any atom is 0.222 e. The molecule has 0 aliphatic carbocycles. The van der Waals surface area contributed by atoms with Gasteiger partial charge in [0.1, 0.15) is 6.17 Å². The van der Waals surface area contributed by atoms with Crippen molar-refractivity contribution in [2.24, 2.45) is 5.92 Å². The topological polar surface area (TPSA) is 68.8 Å². The fraction of sp³-hybridized carbons (Fsp3) is 0.933. The van der Waals surface area contributed by atoms with E-state index < -0.39 is 6.17 Å². The van der Waals surface area contributed by atoms with Crippen molar-refractivity contribution in [2.45, 2.75) is 26.4 Å². The molecule has 2 N–H and O–H groups in total. The lowest BCUT2D eigenvalue weighted by Crippen LogP contribution is -2.33. The smallest absolute Gasteiger partial charge is 0.222 e. The molecular weight excluding hydrogens is 291 g/mol. The van der Waals surface area contributed by atoms with Gasteiger partial charge in [-0.2, -0.15) is 0 Å². The van der Waals surface area contributed by atoms with Crippen LogP contribution in [-0.2, 0) is 19.0 Å². The number of nitrogens with one attached hydrogen (secondary N) is 2. The van der Waals surface area contributed by atoms with Gasteiger partial charge in [-0.3, -0.25) is 4.79 Å². The van der Waals surface area contributed by atoms with Gasteiger partial charge < -0.3 is 24.8 Å². The molecular formula is C15H31FN2O4. The van der Waals surface area contributed by atoms with Crippen LogP contribution in [0.15, 0.2) is 0 Å². The average Bonchev–Trinajstić information content (AvgIpc) is 2.50. The van der Waals surface area contributed by atoms with E-state index in [1.165, 1.54) is 0 Å². The highest BCUT2D eigenvalue weighted by atomic mass is 19.1. The monoisotopic (exact) mass is 322 g/mol. The predicted molar refractivity (Wildman–Crippen MR) is 83.7 cm³/mol. The Morgan fingerprint density at radius 3 is 2.09 bits per heavy atom. The number of ether oxygens (including phenoxy) is 3. The summed E-state index contributed by atoms with van der Waals surface area (Å²) in [4.78, 5) is 11.3. The largest absolute Gasteiger partial charge is 0.379 e. The third-order valence-corrected chi connectivity index (χ3v) is 2.84. The summed E-state index contributed by atoms with van der Waals surface area (Å²) in [5, 5.41) is 5.54. The number of alkyl halides is 1. The van der Waals surface area contributed by atoms with Gasteiger partial charge in [-0.25, -0.2) is 4.39 Å². The molecule has 0 aliphatic heterocycles. The standard InChI is InChI=1S/C15H31FN2O4/c1-13(2)15(19)18-12-14(16)4-6-20-8-10-22-11-9-21-7-5-17-3/h13-14,17H,4-12H2,1-3H3,(H,18,19). The van der Waals surface area contributed by atoms with Gasteiger partial charge in [0.05, 0.1) is 33.0 Å². The molecule has 0 saturated heterocycles. The van der Waals surface area contributed by atoms with Crippen LogP contribution in [-0.4, -0.2) is 71.9 Å². The number of likely N-dealkylation sites (N-methyl/N-ethyl adjacent to an activating group) is 1. The Labute approximate surface area is 133 Å². The second-order valence-corrected chi connectivity index (χ2v) is 5.23. The lowest BCUT2D eigenvalue weighted by atomic mass is 10.2. The number of hydrogen-bond acceptors (Lipinski definition) is 5. The summed E-state index contributed by atoms with van der Waals surface area (Å²) < 4.78 is 29.3. The highest BCUT2D eigenvalue weighted by molar-refractivity contribution is 5.77. The molecule has 0 saturated carbocycles. The van der Waals surface area contributed by atoms with Crippen LogP contribution in [0.1, 0.15) is 20.3 Å². The molecule has 0 aromatic rings. The van der Waals surface area contributed by atoms with E-state index in [0.717, 1.165) is 6.54 Å². The van der Waals surface area contributed by atoms with Gasteiger partial charge in [-0.1, -0.05) is 13.8 Å². The Bertz CT molecular complexity index is 268. The van der Waals surface area contributed by atoms with Gasteiger partial charge in [0, 0.05) is 32.0 Å². The van der Waals surface area contributed by atoms with E-state index >= 15 is 0 Å². The zero-order valence-electron chi connectivity index (χ0n) is 14.0. The van der Waals surface area contributed by atoms with Crippen molar-refractivity contribution in [1.29, 1.82) is 0 Å². The van der Waals surface area contributed by atoms with Crippen molar-refractivity contribution >= 4 is 5.91 Å². The van der Waals surface area contributed by atoms with E-state index in [0.29, 0.717) is 39.6 Å². The lowest BCUT2D eigenvalue weighted by Gasteiger charge is -2.11. The Balaban J connectivity index is 3.23. The number of rotatable bonds is 15. The molecule has 0 rings (SSSR count). The second-order valence-electron chi connectivity index (χ2n) is 5.23. The molecule has 22 heavy (non-hydrogen) atoms. The molecule has 0 aliphatic rings. The van der Waals surface area contributed by atoms with Crippen molar-refractivity contribution in [2.75, 3.05) is 59.8 Å². The van der Waals surface area contributed by atoms with E-state index in [9.17, 15) is 9.18 Å². The molecule has 7 heteroatoms. The van der Waals surface area contributed by atoms with Crippen molar-refractivity contribution < 1.29 is 23.4 Å². The third-order valence-electron chi connectivity index (χ3n) is 2.84. The molecule has 0 fully saturated rings. The summed E-state index contributed by atoms with van der Waals surface area (Å²) in [5.74, 6) is -0.253. The van der Waals surface area contributed by atoms with E-state index in [-0.39, 0.29) is 24.8 Å². The van der Waals surface area contributed by atoms with E-state index in [1.807, 2.05) is 7.05 Å². The van der Waals surface area contributed by atoms with Crippen LogP contribution < -0.4 is 10.6 Å². The zero-order valence-corrected chi connectivity index (χ0v) is 14.0. The minimum atomic E-state index is -1.08. The molecule has 0 bridgehead atoms. The highest BCUT2D eigenvalue weighted by Gasteiger charge is 2.11. The molecule has 0 aromatic carbocycles. The lowest BCUT2D eigenvalue weighted by molar-refractivity contribution is -0.124. The first kappa shape index (κ1) is 21.2. The second kappa shape index (κ2) is 15.1. The first-order chi connectivity index (χ1) is 10.6. The zero-order chi connectivity index (χ0) is 16.6. The summed E-state index contributed by atoms with van der Waals surface area (Å²) in [6.45, 7) is 7.39. The molecule has 1 amide bonds. The average molecular weight is 322 g/mol. The molecule has 0 spiro atoms. The van der Waals surface area contributed by atoms with Crippen molar-refractivity contribution in [3.63, 3.8) is 0 Å². The predicted octanol–water partition coefficient (Wildman–Crippen LogP) is 0.756. The number of carbonyl (C=O) groups excluding carboxylic acids is 1. The maximum absolute atomic E-state index is 13.5. The third kappa shape index (κ3) is 14.2. The van der Waals surface area contributed by atoms with Crippen LogP contribution in [0.3, 0.4) is 0 Å². The quantitative estimate of drug-likeness (QED) is 0.436. The summed E-state index contributed by atoms with van der Waals surface area (Å²) in [7, 11) is 1.87. The van der Waals surface area contributed by atoms with Crippen LogP contribution in [0.4, 0.5) is 4.39 Å². The van der Waals surface area contributed by atoms with Gasteiger partial charge in [0.15, 0.2) is 0 Å². The molecule has 6 nitrogen and oxygen atoms in total. The molecule has 1 unspecified atom stereocenters. The van der Waals surface area contributed by atoms with E-state index in [1.54, 1.807) is 13.8 Å². The first-order valence-corrected chi connectivity index (χ1v) is 7.87. The van der Waals surface area contributed by atoms with Crippen LogP contribution in [0.2, 0.25) is 0 Å². The van der Waals surface area contributed by atoms with Crippen LogP contribution >= 0.6 is 0 Å². The Hall–Kier alpha value is -0.760. The van der Waals surface area contributed by atoms with E-state index in [4.69, 9.17) is 14.2 Å². The SMILES string of the molecule is CNCCOCCOCCOCCC(F)CNC(=O)C(C)C. The fourth-order valence-electron chi connectivity index (χ4n) is 1.44. The van der Waals surface area contributed by atoms with E-state index in [2.05, 4.69) is 10.6 Å². The summed E-state index contributed by atoms with van der Waals surface area (Å²) in [5.41, 5.74) is 0. The van der Waals surface area contributed by atoms with Crippen LogP contribution in [0.25, 0.3) is 0 Å².